The van der Waals surface area contributed by atoms with Crippen LogP contribution in [0.25, 0.3) is 22.7 Å². The fraction of sp³-hybridized carbons (Fsp3) is 0.190. The first-order valence-corrected chi connectivity index (χ1v) is 9.29. The molecule has 0 N–H and O–H groups in total. The number of hydrogen-bond donors (Lipinski definition) is 0. The highest BCUT2D eigenvalue weighted by atomic mass is 19.4. The molecule has 12 heteroatoms. The van der Waals surface area contributed by atoms with Crippen molar-refractivity contribution in [1.82, 2.24) is 15.4 Å². The summed E-state index contributed by atoms with van der Waals surface area (Å²) in [5, 5.41) is 11.6. The second-order valence-corrected chi connectivity index (χ2v) is 6.86. The van der Waals surface area contributed by atoms with Gasteiger partial charge in [-0.05, 0) is 25.1 Å². The smallest absolute Gasteiger partial charge is 0.416 e. The van der Waals surface area contributed by atoms with Crippen LogP contribution in [0.2, 0.25) is 0 Å². The van der Waals surface area contributed by atoms with E-state index in [1.165, 1.54) is 0 Å². The van der Waals surface area contributed by atoms with E-state index in [-0.39, 0.29) is 17.8 Å². The van der Waals surface area contributed by atoms with Crippen LogP contribution in [0.3, 0.4) is 0 Å². The number of aryl methyl sites for hydroxylation is 1. The standard InChI is InChI=1S/C21H13F6N3O3/c1-11-17(18(30-33-11)12-5-3-2-4-6-12)19-29-28-16(32-19)10-31-15-8-13(20(22,23)24)7-14(9-15)21(25,26)27/h2-9H,10H2,1H3. The first-order chi connectivity index (χ1) is 15.5. The van der Waals surface area contributed by atoms with E-state index in [9.17, 15) is 26.3 Å². The third-order valence-electron chi connectivity index (χ3n) is 4.51. The van der Waals surface area contributed by atoms with E-state index < -0.39 is 35.8 Å². The van der Waals surface area contributed by atoms with Gasteiger partial charge in [-0.2, -0.15) is 26.3 Å². The minimum Gasteiger partial charge on any atom is -0.484 e. The second kappa shape index (κ2) is 8.26. The number of alkyl halides is 6. The Balaban J connectivity index is 1.59. The van der Waals surface area contributed by atoms with Crippen LogP contribution in [0.4, 0.5) is 26.3 Å². The summed E-state index contributed by atoms with van der Waals surface area (Å²) >= 11 is 0. The van der Waals surface area contributed by atoms with Crippen molar-refractivity contribution in [3.8, 4) is 28.5 Å². The maximum atomic E-state index is 13.0. The summed E-state index contributed by atoms with van der Waals surface area (Å²) in [6, 6.07) is 9.91. The largest absolute Gasteiger partial charge is 0.484 e. The summed E-state index contributed by atoms with van der Waals surface area (Å²) in [7, 11) is 0. The lowest BCUT2D eigenvalue weighted by Gasteiger charge is -2.14. The van der Waals surface area contributed by atoms with Crippen molar-refractivity contribution < 1.29 is 40.0 Å². The predicted octanol–water partition coefficient (Wildman–Crippen LogP) is 6.32. The summed E-state index contributed by atoms with van der Waals surface area (Å²) in [6.45, 7) is 1.06. The maximum Gasteiger partial charge on any atom is 0.416 e. The van der Waals surface area contributed by atoms with Gasteiger partial charge in [0.25, 0.3) is 11.8 Å². The fourth-order valence-electron chi connectivity index (χ4n) is 2.98. The molecule has 6 nitrogen and oxygen atoms in total. The molecule has 4 aromatic rings. The Hall–Kier alpha value is -3.83. The van der Waals surface area contributed by atoms with Gasteiger partial charge >= 0.3 is 12.4 Å². The molecule has 0 radical (unpaired) electrons. The molecular weight excluding hydrogens is 456 g/mol. The van der Waals surface area contributed by atoms with Gasteiger partial charge in [-0.1, -0.05) is 35.5 Å². The van der Waals surface area contributed by atoms with Gasteiger partial charge in [0.15, 0.2) is 6.61 Å². The van der Waals surface area contributed by atoms with Crippen molar-refractivity contribution in [2.24, 2.45) is 0 Å². The zero-order valence-electron chi connectivity index (χ0n) is 16.7. The van der Waals surface area contributed by atoms with Crippen LogP contribution in [-0.2, 0) is 19.0 Å². The Morgan fingerprint density at radius 1 is 0.879 bits per heavy atom. The molecule has 0 aliphatic heterocycles. The zero-order valence-corrected chi connectivity index (χ0v) is 16.7. The first kappa shape index (κ1) is 22.4. The monoisotopic (exact) mass is 469 g/mol. The maximum absolute atomic E-state index is 13.0. The van der Waals surface area contributed by atoms with Crippen LogP contribution < -0.4 is 4.74 Å². The molecule has 0 saturated carbocycles. The van der Waals surface area contributed by atoms with Crippen LogP contribution >= 0.6 is 0 Å². The summed E-state index contributed by atoms with van der Waals surface area (Å²) < 4.78 is 93.8. The van der Waals surface area contributed by atoms with Gasteiger partial charge in [0.1, 0.15) is 22.8 Å². The highest BCUT2D eigenvalue weighted by molar-refractivity contribution is 5.77. The van der Waals surface area contributed by atoms with Gasteiger partial charge < -0.3 is 13.7 Å². The number of nitrogens with zero attached hydrogens (tertiary/aromatic N) is 3. The van der Waals surface area contributed by atoms with Crippen molar-refractivity contribution in [2.45, 2.75) is 25.9 Å². The van der Waals surface area contributed by atoms with E-state index in [1.54, 1.807) is 31.2 Å². The lowest BCUT2D eigenvalue weighted by Crippen LogP contribution is -2.11. The van der Waals surface area contributed by atoms with E-state index in [2.05, 4.69) is 15.4 Å². The van der Waals surface area contributed by atoms with E-state index in [1.807, 2.05) is 6.07 Å². The minimum atomic E-state index is -4.99. The summed E-state index contributed by atoms with van der Waals surface area (Å²) in [6.07, 6.45) is -9.98. The highest BCUT2D eigenvalue weighted by Crippen LogP contribution is 2.38. The molecule has 2 aromatic carbocycles. The van der Waals surface area contributed by atoms with Crippen LogP contribution in [0.15, 0.2) is 57.5 Å². The number of benzene rings is 2. The summed E-state index contributed by atoms with van der Waals surface area (Å²) in [4.78, 5) is 0. The Bertz CT molecular complexity index is 1230. The number of rotatable bonds is 5. The molecule has 172 valence electrons. The quantitative estimate of drug-likeness (QED) is 0.319. The van der Waals surface area contributed by atoms with Crippen molar-refractivity contribution in [3.63, 3.8) is 0 Å². The van der Waals surface area contributed by atoms with Crippen LogP contribution in [0.5, 0.6) is 5.75 Å². The van der Waals surface area contributed by atoms with Crippen LogP contribution in [-0.4, -0.2) is 15.4 Å². The van der Waals surface area contributed by atoms with Gasteiger partial charge in [0, 0.05) is 5.56 Å². The summed E-state index contributed by atoms with van der Waals surface area (Å²) in [5.41, 5.74) is -1.45. The molecule has 0 unspecified atom stereocenters. The fourth-order valence-corrected chi connectivity index (χ4v) is 2.98. The molecule has 4 rings (SSSR count). The molecule has 0 aliphatic rings. The third-order valence-corrected chi connectivity index (χ3v) is 4.51. The Labute approximate surface area is 181 Å². The zero-order chi connectivity index (χ0) is 23.8. The van der Waals surface area contributed by atoms with Gasteiger partial charge in [-0.3, -0.25) is 0 Å². The first-order valence-electron chi connectivity index (χ1n) is 9.29. The number of hydrogen-bond acceptors (Lipinski definition) is 6. The van der Waals surface area contributed by atoms with Gasteiger partial charge in [-0.25, -0.2) is 0 Å². The molecular formula is C21H13F6N3O3. The third kappa shape index (κ3) is 4.83. The number of ether oxygens (including phenoxy) is 1. The number of aromatic nitrogens is 3. The van der Waals surface area contributed by atoms with Crippen LogP contribution in [0.1, 0.15) is 22.8 Å². The van der Waals surface area contributed by atoms with E-state index >= 15 is 0 Å². The topological polar surface area (TPSA) is 74.2 Å². The Morgan fingerprint density at radius 2 is 1.52 bits per heavy atom. The second-order valence-electron chi connectivity index (χ2n) is 6.86. The molecule has 0 saturated heterocycles. The lowest BCUT2D eigenvalue weighted by molar-refractivity contribution is -0.143. The molecule has 2 heterocycles. The SMILES string of the molecule is Cc1onc(-c2ccccc2)c1-c1nnc(COc2cc(C(F)(F)F)cc(C(F)(F)F)c2)o1. The normalized spacial score (nSPS) is 12.2. The van der Waals surface area contributed by atoms with Crippen molar-refractivity contribution in [3.05, 3.63) is 71.3 Å². The van der Waals surface area contributed by atoms with Gasteiger partial charge in [0.05, 0.1) is 11.1 Å². The highest BCUT2D eigenvalue weighted by Gasteiger charge is 2.37. The molecule has 0 spiro atoms. The molecule has 0 atom stereocenters. The molecule has 2 aromatic heterocycles. The van der Waals surface area contributed by atoms with Gasteiger partial charge in [0.2, 0.25) is 0 Å². The molecule has 0 aliphatic carbocycles. The Kier molecular flexibility index (Phi) is 5.60. The molecule has 33 heavy (non-hydrogen) atoms. The van der Waals surface area contributed by atoms with E-state index in [0.717, 1.165) is 0 Å². The molecule has 0 amide bonds. The van der Waals surface area contributed by atoms with Crippen molar-refractivity contribution >= 4 is 0 Å². The average Bonchev–Trinajstić information content (AvgIpc) is 3.37. The average molecular weight is 469 g/mol. The Morgan fingerprint density at radius 3 is 2.12 bits per heavy atom. The molecule has 0 fully saturated rings. The van der Waals surface area contributed by atoms with E-state index in [0.29, 0.717) is 34.7 Å². The molecule has 0 bridgehead atoms. The van der Waals surface area contributed by atoms with E-state index in [4.69, 9.17) is 13.7 Å². The van der Waals surface area contributed by atoms with Crippen molar-refractivity contribution in [2.75, 3.05) is 0 Å². The lowest BCUT2D eigenvalue weighted by atomic mass is 10.1. The number of halogens is 6. The minimum absolute atomic E-state index is 0.00576. The predicted molar refractivity (Wildman–Crippen MR) is 101 cm³/mol. The van der Waals surface area contributed by atoms with Gasteiger partial charge in [-0.15, -0.1) is 10.2 Å². The summed E-state index contributed by atoms with van der Waals surface area (Å²) in [5.74, 6) is -0.442. The van der Waals surface area contributed by atoms with Crippen LogP contribution in [0, 0.1) is 6.92 Å². The van der Waals surface area contributed by atoms with Crippen molar-refractivity contribution in [1.29, 1.82) is 0 Å².